The highest BCUT2D eigenvalue weighted by Gasteiger charge is 2.27. The molecule has 130 valence electrons. The summed E-state index contributed by atoms with van der Waals surface area (Å²) < 4.78 is 6.76. The molecule has 1 aliphatic rings. The monoisotopic (exact) mass is 333 g/mol. The Morgan fingerprint density at radius 2 is 2.08 bits per heavy atom. The first-order valence-corrected chi connectivity index (χ1v) is 8.21. The number of imidazole rings is 1. The van der Waals surface area contributed by atoms with Gasteiger partial charge in [-0.2, -0.15) is 0 Å². The maximum atomic E-state index is 12.4. The van der Waals surface area contributed by atoms with Crippen molar-refractivity contribution in [1.29, 1.82) is 0 Å². The van der Waals surface area contributed by atoms with E-state index in [2.05, 4.69) is 9.97 Å². The van der Waals surface area contributed by atoms with E-state index in [1.165, 1.54) is 0 Å². The summed E-state index contributed by atoms with van der Waals surface area (Å²) in [5, 5.41) is 0. The van der Waals surface area contributed by atoms with E-state index in [0.29, 0.717) is 38.2 Å². The van der Waals surface area contributed by atoms with Crippen LogP contribution in [0.25, 0.3) is 11.2 Å². The van der Waals surface area contributed by atoms with Crippen LogP contribution in [-0.4, -0.2) is 59.3 Å². The number of carbonyl (C=O) groups excluding carboxylic acids is 1. The fourth-order valence-corrected chi connectivity index (χ4v) is 3.10. The van der Waals surface area contributed by atoms with Crippen LogP contribution >= 0.6 is 0 Å². The Morgan fingerprint density at radius 3 is 2.71 bits per heavy atom. The Labute approximate surface area is 140 Å². The lowest BCUT2D eigenvalue weighted by Crippen LogP contribution is -2.40. The first-order chi connectivity index (χ1) is 11.5. The van der Waals surface area contributed by atoms with Crippen molar-refractivity contribution >= 4 is 23.1 Å². The second kappa shape index (κ2) is 6.54. The molecule has 0 radical (unpaired) electrons. The third-order valence-electron chi connectivity index (χ3n) is 4.36. The molecule has 3 rings (SSSR count). The number of nitrogens with one attached hydrogen (secondary N) is 1. The van der Waals surface area contributed by atoms with Crippen molar-refractivity contribution in [3.05, 3.63) is 22.6 Å². The minimum atomic E-state index is -0.282. The Balaban J connectivity index is 1.85. The van der Waals surface area contributed by atoms with Crippen LogP contribution in [0.3, 0.4) is 0 Å². The Morgan fingerprint density at radius 1 is 1.38 bits per heavy atom. The zero-order valence-electron chi connectivity index (χ0n) is 14.3. The highest BCUT2D eigenvalue weighted by atomic mass is 16.6. The van der Waals surface area contributed by atoms with Crippen LogP contribution < -0.4 is 10.6 Å². The molecule has 0 aromatic carbocycles. The van der Waals surface area contributed by atoms with Gasteiger partial charge in [-0.05, 0) is 31.9 Å². The topological polar surface area (TPSA) is 83.5 Å². The van der Waals surface area contributed by atoms with E-state index in [1.807, 2.05) is 31.1 Å². The van der Waals surface area contributed by atoms with Crippen molar-refractivity contribution in [3.8, 4) is 0 Å². The molecule has 2 aromatic rings. The van der Waals surface area contributed by atoms with Crippen molar-refractivity contribution in [1.82, 2.24) is 19.4 Å². The molecular weight excluding hydrogens is 310 g/mol. The van der Waals surface area contributed by atoms with E-state index in [0.717, 1.165) is 11.3 Å². The highest BCUT2D eigenvalue weighted by Crippen LogP contribution is 2.25. The average Bonchev–Trinajstić information content (AvgIpc) is 2.90. The maximum Gasteiger partial charge on any atom is 0.409 e. The number of fused-ring (bicyclic) bond motifs is 1. The summed E-state index contributed by atoms with van der Waals surface area (Å²) in [5.41, 5.74) is 1.25. The van der Waals surface area contributed by atoms with Crippen LogP contribution in [-0.2, 0) is 4.74 Å². The van der Waals surface area contributed by atoms with Gasteiger partial charge in [0.1, 0.15) is 5.82 Å². The van der Waals surface area contributed by atoms with Gasteiger partial charge in [0.25, 0.3) is 0 Å². The highest BCUT2D eigenvalue weighted by molar-refractivity contribution is 5.73. The largest absolute Gasteiger partial charge is 0.450 e. The van der Waals surface area contributed by atoms with E-state index in [1.54, 1.807) is 16.4 Å². The number of aromatic nitrogens is 3. The lowest BCUT2D eigenvalue weighted by Gasteiger charge is -2.31. The fraction of sp³-hybridized carbons (Fsp3) is 0.562. The smallest absolute Gasteiger partial charge is 0.409 e. The van der Waals surface area contributed by atoms with Gasteiger partial charge in [0, 0.05) is 33.2 Å². The van der Waals surface area contributed by atoms with Crippen molar-refractivity contribution in [2.75, 3.05) is 38.7 Å². The molecule has 2 aromatic heterocycles. The number of hydrogen-bond acceptors (Lipinski definition) is 5. The minimum Gasteiger partial charge on any atom is -0.450 e. The molecule has 0 unspecified atom stereocenters. The van der Waals surface area contributed by atoms with E-state index in [9.17, 15) is 9.59 Å². The number of hydrogen-bond donors (Lipinski definition) is 1. The normalized spacial score (nSPS) is 15.7. The van der Waals surface area contributed by atoms with Gasteiger partial charge in [0.15, 0.2) is 5.65 Å². The van der Waals surface area contributed by atoms with Crippen LogP contribution in [0.1, 0.15) is 25.8 Å². The number of amides is 1. The summed E-state index contributed by atoms with van der Waals surface area (Å²) in [5.74, 6) is 0.805. The van der Waals surface area contributed by atoms with E-state index in [-0.39, 0.29) is 17.8 Å². The van der Waals surface area contributed by atoms with Crippen LogP contribution in [0.5, 0.6) is 0 Å². The molecule has 1 aliphatic heterocycles. The van der Waals surface area contributed by atoms with Gasteiger partial charge in [-0.25, -0.2) is 14.6 Å². The molecular formula is C16H23N5O3. The Kier molecular flexibility index (Phi) is 4.46. The summed E-state index contributed by atoms with van der Waals surface area (Å²) in [4.78, 5) is 35.3. The number of ether oxygens (including phenoxy) is 1. The first kappa shape index (κ1) is 16.4. The number of piperidine rings is 1. The number of rotatable bonds is 3. The maximum absolute atomic E-state index is 12.4. The number of nitrogens with zero attached hydrogens (tertiary/aromatic N) is 4. The number of carbonyl (C=O) groups is 1. The molecule has 0 spiro atoms. The van der Waals surface area contributed by atoms with E-state index < -0.39 is 0 Å². The molecule has 8 nitrogen and oxygen atoms in total. The quantitative estimate of drug-likeness (QED) is 0.922. The van der Waals surface area contributed by atoms with Crippen LogP contribution in [0.4, 0.5) is 10.6 Å². The van der Waals surface area contributed by atoms with Crippen molar-refractivity contribution in [2.45, 2.75) is 25.8 Å². The van der Waals surface area contributed by atoms with Gasteiger partial charge in [-0.15, -0.1) is 0 Å². The summed E-state index contributed by atoms with van der Waals surface area (Å²) in [6.07, 6.45) is 1.13. The molecule has 1 N–H and O–H groups in total. The van der Waals surface area contributed by atoms with Crippen molar-refractivity contribution < 1.29 is 9.53 Å². The van der Waals surface area contributed by atoms with Gasteiger partial charge >= 0.3 is 11.8 Å². The SMILES string of the molecule is CCOC(=O)N1CCC(n2c(=O)[nH]c3ccc(N(C)C)nc32)CC1. The summed E-state index contributed by atoms with van der Waals surface area (Å²) in [6.45, 7) is 3.33. The number of pyridine rings is 1. The molecule has 1 fully saturated rings. The van der Waals surface area contributed by atoms with E-state index >= 15 is 0 Å². The predicted molar refractivity (Wildman–Crippen MR) is 91.5 cm³/mol. The molecule has 1 saturated heterocycles. The molecule has 0 atom stereocenters. The lowest BCUT2D eigenvalue weighted by atomic mass is 10.1. The molecule has 1 amide bonds. The number of anilines is 1. The molecule has 3 heterocycles. The van der Waals surface area contributed by atoms with Crippen LogP contribution in [0.15, 0.2) is 16.9 Å². The second-order valence-electron chi connectivity index (χ2n) is 6.15. The Bertz CT molecular complexity index is 787. The fourth-order valence-electron chi connectivity index (χ4n) is 3.10. The van der Waals surface area contributed by atoms with Gasteiger partial charge in [0.2, 0.25) is 0 Å². The van der Waals surface area contributed by atoms with E-state index in [4.69, 9.17) is 4.74 Å². The van der Waals surface area contributed by atoms with Crippen LogP contribution in [0.2, 0.25) is 0 Å². The molecule has 0 bridgehead atoms. The van der Waals surface area contributed by atoms with Gasteiger partial charge in [-0.3, -0.25) is 4.57 Å². The molecule has 0 saturated carbocycles. The third kappa shape index (κ3) is 2.95. The molecule has 0 aliphatic carbocycles. The second-order valence-corrected chi connectivity index (χ2v) is 6.15. The average molecular weight is 333 g/mol. The first-order valence-electron chi connectivity index (χ1n) is 8.21. The van der Waals surface area contributed by atoms with Crippen LogP contribution in [0, 0.1) is 0 Å². The number of H-pyrrole nitrogens is 1. The number of likely N-dealkylation sites (tertiary alicyclic amines) is 1. The lowest BCUT2D eigenvalue weighted by molar-refractivity contribution is 0.0927. The van der Waals surface area contributed by atoms with Gasteiger partial charge in [-0.1, -0.05) is 0 Å². The standard InChI is InChI=1S/C16H23N5O3/c1-4-24-16(23)20-9-7-11(8-10-20)21-14-12(17-15(21)22)5-6-13(18-14)19(2)3/h5-6,11H,4,7-10H2,1-3H3,(H,17,22). The summed E-state index contributed by atoms with van der Waals surface area (Å²) >= 11 is 0. The van der Waals surface area contributed by atoms with Crippen molar-refractivity contribution in [3.63, 3.8) is 0 Å². The van der Waals surface area contributed by atoms with Gasteiger partial charge in [0.05, 0.1) is 12.1 Å². The molecule has 8 heteroatoms. The van der Waals surface area contributed by atoms with Gasteiger partial charge < -0.3 is 19.5 Å². The summed E-state index contributed by atoms with van der Waals surface area (Å²) in [6, 6.07) is 3.79. The molecule has 24 heavy (non-hydrogen) atoms. The predicted octanol–water partition coefficient (Wildman–Crippen LogP) is 1.58. The Hall–Kier alpha value is -2.51. The number of aromatic amines is 1. The summed E-state index contributed by atoms with van der Waals surface area (Å²) in [7, 11) is 3.84. The third-order valence-corrected chi connectivity index (χ3v) is 4.36. The van der Waals surface area contributed by atoms with Crippen molar-refractivity contribution in [2.24, 2.45) is 0 Å². The zero-order chi connectivity index (χ0) is 17.3. The zero-order valence-corrected chi connectivity index (χ0v) is 14.3. The minimum absolute atomic E-state index is 0.0295.